The molecule has 1 fully saturated rings. The lowest BCUT2D eigenvalue weighted by Gasteiger charge is -2.21. The van der Waals surface area contributed by atoms with Crippen molar-refractivity contribution in [2.24, 2.45) is 0 Å². The zero-order valence-electron chi connectivity index (χ0n) is 11.5. The van der Waals surface area contributed by atoms with Crippen LogP contribution in [0.25, 0.3) is 6.08 Å². The largest absolute Gasteiger partial charge is 0.452 e. The lowest BCUT2D eigenvalue weighted by Crippen LogP contribution is -2.46. The molecule has 0 saturated heterocycles. The van der Waals surface area contributed by atoms with Crippen molar-refractivity contribution in [1.29, 1.82) is 5.26 Å². The van der Waals surface area contributed by atoms with Crippen LogP contribution in [0.3, 0.4) is 0 Å². The predicted molar refractivity (Wildman–Crippen MR) is 79.3 cm³/mol. The van der Waals surface area contributed by atoms with Gasteiger partial charge in [0.05, 0.1) is 6.07 Å². The van der Waals surface area contributed by atoms with Gasteiger partial charge in [0.1, 0.15) is 5.54 Å². The van der Waals surface area contributed by atoms with E-state index < -0.39 is 17.4 Å². The number of ether oxygens (including phenoxy) is 1. The molecule has 0 bridgehead atoms. The first-order valence-corrected chi connectivity index (χ1v) is 7.62. The lowest BCUT2D eigenvalue weighted by molar-refractivity contribution is -0.144. The third-order valence-corrected chi connectivity index (χ3v) is 4.16. The third kappa shape index (κ3) is 4.43. The summed E-state index contributed by atoms with van der Waals surface area (Å²) in [5.41, 5.74) is -0.781. The van der Waals surface area contributed by atoms with E-state index in [1.165, 1.54) is 17.4 Å². The van der Waals surface area contributed by atoms with Crippen LogP contribution in [0.15, 0.2) is 23.6 Å². The Hall–Kier alpha value is -2.13. The molecule has 1 aromatic heterocycles. The second-order valence-corrected chi connectivity index (χ2v) is 5.88. The van der Waals surface area contributed by atoms with Gasteiger partial charge >= 0.3 is 5.97 Å². The van der Waals surface area contributed by atoms with Crippen molar-refractivity contribution in [3.05, 3.63) is 28.5 Å². The molecule has 5 nitrogen and oxygen atoms in total. The zero-order chi connectivity index (χ0) is 15.1. The first kappa shape index (κ1) is 15.3. The van der Waals surface area contributed by atoms with Crippen LogP contribution in [-0.2, 0) is 14.3 Å². The highest BCUT2D eigenvalue weighted by molar-refractivity contribution is 7.10. The first-order chi connectivity index (χ1) is 10.1. The van der Waals surface area contributed by atoms with E-state index in [0.29, 0.717) is 12.8 Å². The zero-order valence-corrected chi connectivity index (χ0v) is 12.3. The number of nitriles is 1. The smallest absolute Gasteiger partial charge is 0.331 e. The fourth-order valence-corrected chi connectivity index (χ4v) is 2.89. The summed E-state index contributed by atoms with van der Waals surface area (Å²) in [6.45, 7) is -0.364. The van der Waals surface area contributed by atoms with Crippen LogP contribution in [0.5, 0.6) is 0 Å². The average molecular weight is 304 g/mol. The Kier molecular flexibility index (Phi) is 5.12. The number of hydrogen-bond acceptors (Lipinski definition) is 5. The fraction of sp³-hybridized carbons (Fsp3) is 0.400. The maximum absolute atomic E-state index is 11.7. The van der Waals surface area contributed by atoms with E-state index >= 15 is 0 Å². The van der Waals surface area contributed by atoms with E-state index in [1.54, 1.807) is 6.08 Å². The predicted octanol–water partition coefficient (Wildman–Crippen LogP) is 2.26. The highest BCUT2D eigenvalue weighted by Gasteiger charge is 2.35. The Bertz CT molecular complexity index is 566. The van der Waals surface area contributed by atoms with Gasteiger partial charge < -0.3 is 10.1 Å². The lowest BCUT2D eigenvalue weighted by atomic mass is 10.00. The van der Waals surface area contributed by atoms with Gasteiger partial charge in [0, 0.05) is 11.0 Å². The molecule has 1 amide bonds. The van der Waals surface area contributed by atoms with Crippen LogP contribution in [0, 0.1) is 11.3 Å². The van der Waals surface area contributed by atoms with Gasteiger partial charge in [0.2, 0.25) is 0 Å². The summed E-state index contributed by atoms with van der Waals surface area (Å²) >= 11 is 1.50. The highest BCUT2D eigenvalue weighted by atomic mass is 32.1. The van der Waals surface area contributed by atoms with E-state index in [-0.39, 0.29) is 6.61 Å². The molecule has 2 rings (SSSR count). The molecule has 0 unspecified atom stereocenters. The summed E-state index contributed by atoms with van der Waals surface area (Å²) in [7, 11) is 0. The van der Waals surface area contributed by atoms with Crippen molar-refractivity contribution in [2.75, 3.05) is 6.61 Å². The molecule has 6 heteroatoms. The average Bonchev–Trinajstić information content (AvgIpc) is 3.15. The quantitative estimate of drug-likeness (QED) is 0.668. The monoisotopic (exact) mass is 304 g/mol. The number of carbonyl (C=O) groups is 2. The first-order valence-electron chi connectivity index (χ1n) is 6.74. The summed E-state index contributed by atoms with van der Waals surface area (Å²) in [4.78, 5) is 24.2. The van der Waals surface area contributed by atoms with Crippen molar-refractivity contribution < 1.29 is 14.3 Å². The van der Waals surface area contributed by atoms with Crippen LogP contribution in [0.1, 0.15) is 30.6 Å². The molecule has 0 radical (unpaired) electrons. The molecular formula is C15H16N2O3S. The van der Waals surface area contributed by atoms with Gasteiger partial charge in [0.15, 0.2) is 6.61 Å². The minimum atomic E-state index is -0.781. The third-order valence-electron chi connectivity index (χ3n) is 3.32. The van der Waals surface area contributed by atoms with Gasteiger partial charge in [-0.3, -0.25) is 4.79 Å². The molecule has 1 N–H and O–H groups in total. The Morgan fingerprint density at radius 1 is 1.48 bits per heavy atom. The van der Waals surface area contributed by atoms with Crippen LogP contribution >= 0.6 is 11.3 Å². The second-order valence-electron chi connectivity index (χ2n) is 4.91. The molecule has 1 heterocycles. The van der Waals surface area contributed by atoms with Crippen molar-refractivity contribution >= 4 is 29.3 Å². The maximum atomic E-state index is 11.7. The van der Waals surface area contributed by atoms with Gasteiger partial charge in [-0.15, -0.1) is 11.3 Å². The van der Waals surface area contributed by atoms with E-state index in [9.17, 15) is 9.59 Å². The van der Waals surface area contributed by atoms with Crippen molar-refractivity contribution in [3.63, 3.8) is 0 Å². The van der Waals surface area contributed by atoms with Gasteiger partial charge in [-0.25, -0.2) is 4.79 Å². The second kappa shape index (κ2) is 7.04. The Balaban J connectivity index is 1.76. The molecule has 1 aliphatic carbocycles. The van der Waals surface area contributed by atoms with Gasteiger partial charge in [-0.1, -0.05) is 6.07 Å². The number of nitrogens with one attached hydrogen (secondary N) is 1. The van der Waals surface area contributed by atoms with Crippen LogP contribution in [0.4, 0.5) is 0 Å². The molecule has 110 valence electrons. The summed E-state index contributed by atoms with van der Waals surface area (Å²) < 4.78 is 4.86. The van der Waals surface area contributed by atoms with E-state index in [2.05, 4.69) is 11.4 Å². The van der Waals surface area contributed by atoms with Crippen molar-refractivity contribution in [2.45, 2.75) is 31.2 Å². The molecule has 21 heavy (non-hydrogen) atoms. The number of thiophene rings is 1. The minimum Gasteiger partial charge on any atom is -0.452 e. The number of nitrogens with zero attached hydrogens (tertiary/aromatic N) is 1. The van der Waals surface area contributed by atoms with Gasteiger partial charge in [-0.05, 0) is 43.2 Å². The number of hydrogen-bond donors (Lipinski definition) is 1. The normalized spacial score (nSPS) is 16.5. The number of esters is 1. The van der Waals surface area contributed by atoms with Crippen molar-refractivity contribution in [1.82, 2.24) is 5.32 Å². The molecule has 0 atom stereocenters. The summed E-state index contributed by atoms with van der Waals surface area (Å²) in [5.74, 6) is -1.01. The molecule has 1 aliphatic rings. The molecular weight excluding hydrogens is 288 g/mol. The molecule has 0 aromatic carbocycles. The van der Waals surface area contributed by atoms with E-state index in [1.807, 2.05) is 17.5 Å². The fourth-order valence-electron chi connectivity index (χ4n) is 2.27. The van der Waals surface area contributed by atoms with E-state index in [0.717, 1.165) is 17.7 Å². The van der Waals surface area contributed by atoms with Gasteiger partial charge in [-0.2, -0.15) is 5.26 Å². The molecule has 1 saturated carbocycles. The molecule has 0 spiro atoms. The van der Waals surface area contributed by atoms with Crippen LogP contribution < -0.4 is 5.32 Å². The van der Waals surface area contributed by atoms with E-state index in [4.69, 9.17) is 10.00 Å². The van der Waals surface area contributed by atoms with Crippen LogP contribution in [0.2, 0.25) is 0 Å². The minimum absolute atomic E-state index is 0.364. The Labute approximate surface area is 127 Å². The Morgan fingerprint density at radius 2 is 2.24 bits per heavy atom. The number of carbonyl (C=O) groups excluding carboxylic acids is 2. The van der Waals surface area contributed by atoms with Gasteiger partial charge in [0.25, 0.3) is 5.91 Å². The number of rotatable bonds is 5. The molecule has 1 aromatic rings. The summed E-state index contributed by atoms with van der Waals surface area (Å²) in [6.07, 6.45) is 6.09. The van der Waals surface area contributed by atoms with Crippen molar-refractivity contribution in [3.8, 4) is 6.07 Å². The summed E-state index contributed by atoms with van der Waals surface area (Å²) in [5, 5.41) is 13.7. The number of amides is 1. The maximum Gasteiger partial charge on any atom is 0.331 e. The topological polar surface area (TPSA) is 79.2 Å². The SMILES string of the molecule is N#CC1(NC(=O)COC(=O)/C=C/c2cccs2)CCCC1. The standard InChI is InChI=1S/C15H16N2O3S/c16-11-15(7-1-2-8-15)17-13(18)10-20-14(19)6-5-12-4-3-9-21-12/h3-6,9H,1-2,7-8,10H2,(H,17,18)/b6-5+. The highest BCUT2D eigenvalue weighted by Crippen LogP contribution is 2.28. The summed E-state index contributed by atoms with van der Waals surface area (Å²) in [6, 6.07) is 5.91. The molecule has 0 aliphatic heterocycles. The Morgan fingerprint density at radius 3 is 2.86 bits per heavy atom. The van der Waals surface area contributed by atoms with Crippen LogP contribution in [-0.4, -0.2) is 24.0 Å².